The lowest BCUT2D eigenvalue weighted by Crippen LogP contribution is -2.25. The third-order valence-electron chi connectivity index (χ3n) is 3.37. The van der Waals surface area contributed by atoms with Crippen molar-refractivity contribution in [3.05, 3.63) is 29.9 Å². The predicted molar refractivity (Wildman–Crippen MR) is 74.8 cm³/mol. The second-order valence-corrected chi connectivity index (χ2v) is 4.90. The maximum atomic E-state index is 11.9. The molecule has 1 aromatic rings. The summed E-state index contributed by atoms with van der Waals surface area (Å²) in [7, 11) is 0. The lowest BCUT2D eigenvalue weighted by Gasteiger charge is -2.12. The molecule has 5 heteroatoms. The molecule has 19 heavy (non-hydrogen) atoms. The highest BCUT2D eigenvalue weighted by Crippen LogP contribution is 2.19. The molecule has 0 bridgehead atoms. The molecule has 1 aliphatic carbocycles. The number of aromatic nitrogens is 2. The van der Waals surface area contributed by atoms with Crippen molar-refractivity contribution in [2.24, 2.45) is 5.73 Å². The first kappa shape index (κ1) is 13.8. The monoisotopic (exact) mass is 262 g/mol. The molecular weight excluding hydrogens is 240 g/mol. The van der Waals surface area contributed by atoms with Crippen LogP contribution < -0.4 is 11.1 Å². The van der Waals surface area contributed by atoms with Gasteiger partial charge >= 0.3 is 0 Å². The van der Waals surface area contributed by atoms with E-state index in [1.165, 1.54) is 31.3 Å². The summed E-state index contributed by atoms with van der Waals surface area (Å²) in [5.74, 6) is -0.104. The number of nitrogens with zero attached hydrogens (tertiary/aromatic N) is 2. The van der Waals surface area contributed by atoms with Gasteiger partial charge in [-0.3, -0.25) is 4.79 Å². The largest absolute Gasteiger partial charge is 0.350 e. The van der Waals surface area contributed by atoms with Crippen LogP contribution in [0.15, 0.2) is 24.2 Å². The number of allylic oxidation sites excluding steroid dienone is 1. The zero-order valence-electron chi connectivity index (χ0n) is 11.3. The number of imidazole rings is 1. The summed E-state index contributed by atoms with van der Waals surface area (Å²) in [6, 6.07) is 0. The fraction of sp³-hybridized carbons (Fsp3) is 0.571. The van der Waals surface area contributed by atoms with Gasteiger partial charge in [-0.15, -0.1) is 0 Å². The maximum Gasteiger partial charge on any atom is 0.271 e. The first-order chi connectivity index (χ1) is 9.29. The lowest BCUT2D eigenvalue weighted by molar-refractivity contribution is 0.0949. The van der Waals surface area contributed by atoms with E-state index in [4.69, 9.17) is 5.73 Å². The second kappa shape index (κ2) is 7.09. The molecule has 0 spiro atoms. The third kappa shape index (κ3) is 4.21. The fourth-order valence-electron chi connectivity index (χ4n) is 2.31. The molecule has 2 rings (SSSR count). The lowest BCUT2D eigenvalue weighted by atomic mass is 9.97. The van der Waals surface area contributed by atoms with Crippen molar-refractivity contribution < 1.29 is 4.79 Å². The van der Waals surface area contributed by atoms with Crippen LogP contribution in [0.3, 0.4) is 0 Å². The molecular formula is C14H22N4O. The van der Waals surface area contributed by atoms with E-state index in [0.717, 1.165) is 6.42 Å². The van der Waals surface area contributed by atoms with Crippen molar-refractivity contribution >= 4 is 5.91 Å². The molecule has 1 heterocycles. The summed E-state index contributed by atoms with van der Waals surface area (Å²) in [5, 5.41) is 2.91. The zero-order valence-corrected chi connectivity index (χ0v) is 11.3. The van der Waals surface area contributed by atoms with E-state index in [0.29, 0.717) is 25.3 Å². The van der Waals surface area contributed by atoms with Crippen molar-refractivity contribution in [3.8, 4) is 0 Å². The second-order valence-electron chi connectivity index (χ2n) is 4.90. The Labute approximate surface area is 113 Å². The van der Waals surface area contributed by atoms with Crippen LogP contribution in [-0.2, 0) is 6.54 Å². The number of carbonyl (C=O) groups excluding carboxylic acids is 1. The number of amides is 1. The van der Waals surface area contributed by atoms with E-state index in [-0.39, 0.29) is 5.91 Å². The van der Waals surface area contributed by atoms with Crippen molar-refractivity contribution in [2.45, 2.75) is 38.6 Å². The molecule has 1 aliphatic rings. The quantitative estimate of drug-likeness (QED) is 0.762. The molecule has 1 amide bonds. The van der Waals surface area contributed by atoms with Crippen LogP contribution in [0.1, 0.15) is 42.6 Å². The average Bonchev–Trinajstić information content (AvgIpc) is 2.89. The molecule has 0 saturated carbocycles. The molecule has 0 fully saturated rings. The Bertz CT molecular complexity index is 450. The molecule has 0 unspecified atom stereocenters. The molecule has 0 aliphatic heterocycles. The molecule has 0 saturated heterocycles. The van der Waals surface area contributed by atoms with Crippen LogP contribution in [0.4, 0.5) is 0 Å². The van der Waals surface area contributed by atoms with Gasteiger partial charge < -0.3 is 15.6 Å². The van der Waals surface area contributed by atoms with Gasteiger partial charge in [-0.1, -0.05) is 11.6 Å². The molecule has 0 atom stereocenters. The fourth-order valence-corrected chi connectivity index (χ4v) is 2.31. The van der Waals surface area contributed by atoms with Gasteiger partial charge in [0.15, 0.2) is 0 Å². The zero-order chi connectivity index (χ0) is 13.5. The van der Waals surface area contributed by atoms with Gasteiger partial charge in [0.1, 0.15) is 5.69 Å². The first-order valence-electron chi connectivity index (χ1n) is 6.97. The highest BCUT2D eigenvalue weighted by Gasteiger charge is 2.09. The van der Waals surface area contributed by atoms with Gasteiger partial charge in [0.05, 0.1) is 6.33 Å². The molecule has 104 valence electrons. The van der Waals surface area contributed by atoms with Crippen LogP contribution in [0, 0.1) is 0 Å². The topological polar surface area (TPSA) is 72.9 Å². The summed E-state index contributed by atoms with van der Waals surface area (Å²) in [5.41, 5.74) is 7.39. The minimum Gasteiger partial charge on any atom is -0.350 e. The van der Waals surface area contributed by atoms with Crippen LogP contribution in [0.2, 0.25) is 0 Å². The van der Waals surface area contributed by atoms with Gasteiger partial charge in [-0.25, -0.2) is 4.98 Å². The van der Waals surface area contributed by atoms with Crippen LogP contribution in [-0.4, -0.2) is 28.5 Å². The van der Waals surface area contributed by atoms with Crippen LogP contribution in [0.25, 0.3) is 0 Å². The van der Waals surface area contributed by atoms with E-state index < -0.39 is 0 Å². The van der Waals surface area contributed by atoms with E-state index in [1.807, 2.05) is 4.57 Å². The number of carbonyl (C=O) groups is 1. The smallest absolute Gasteiger partial charge is 0.271 e. The number of nitrogens with one attached hydrogen (secondary N) is 1. The number of hydrogen-bond donors (Lipinski definition) is 2. The maximum absolute atomic E-state index is 11.9. The third-order valence-corrected chi connectivity index (χ3v) is 3.37. The minimum absolute atomic E-state index is 0.104. The van der Waals surface area contributed by atoms with E-state index in [2.05, 4.69) is 16.4 Å². The Hall–Kier alpha value is -1.62. The van der Waals surface area contributed by atoms with E-state index in [1.54, 1.807) is 12.5 Å². The van der Waals surface area contributed by atoms with Gasteiger partial charge in [-0.05, 0) is 32.1 Å². The highest BCUT2D eigenvalue weighted by atomic mass is 16.1. The van der Waals surface area contributed by atoms with Crippen LogP contribution >= 0.6 is 0 Å². The van der Waals surface area contributed by atoms with E-state index in [9.17, 15) is 4.79 Å². The summed E-state index contributed by atoms with van der Waals surface area (Å²) in [4.78, 5) is 15.9. The van der Waals surface area contributed by atoms with Gasteiger partial charge in [0, 0.05) is 25.8 Å². The predicted octanol–water partition coefficient (Wildman–Crippen LogP) is 1.46. The number of hydrogen-bond acceptors (Lipinski definition) is 3. The number of nitrogens with two attached hydrogens (primary N) is 1. The van der Waals surface area contributed by atoms with Crippen molar-refractivity contribution in [3.63, 3.8) is 0 Å². The SMILES string of the molecule is NCCn1cnc(C(=O)NCCC2=CCCCC2)c1. The van der Waals surface area contributed by atoms with Gasteiger partial charge in [0.25, 0.3) is 5.91 Å². The molecule has 1 aromatic heterocycles. The van der Waals surface area contributed by atoms with E-state index >= 15 is 0 Å². The van der Waals surface area contributed by atoms with Gasteiger partial charge in [-0.2, -0.15) is 0 Å². The Morgan fingerprint density at radius 2 is 2.37 bits per heavy atom. The van der Waals surface area contributed by atoms with Crippen molar-refractivity contribution in [2.75, 3.05) is 13.1 Å². The normalized spacial score (nSPS) is 15.1. The Morgan fingerprint density at radius 1 is 1.47 bits per heavy atom. The Kier molecular flexibility index (Phi) is 5.15. The van der Waals surface area contributed by atoms with Gasteiger partial charge in [0.2, 0.25) is 0 Å². The summed E-state index contributed by atoms with van der Waals surface area (Å²) >= 11 is 0. The number of rotatable bonds is 6. The molecule has 0 radical (unpaired) electrons. The van der Waals surface area contributed by atoms with Crippen LogP contribution in [0.5, 0.6) is 0 Å². The first-order valence-corrected chi connectivity index (χ1v) is 6.97. The standard InChI is InChI=1S/C14H22N4O/c15-7-9-18-10-13(17-11-18)14(19)16-8-6-12-4-2-1-3-5-12/h4,10-11H,1-3,5-9,15H2,(H,16,19). The molecule has 0 aromatic carbocycles. The highest BCUT2D eigenvalue weighted by molar-refractivity contribution is 5.91. The Balaban J connectivity index is 1.75. The summed E-state index contributed by atoms with van der Waals surface area (Å²) in [6.07, 6.45) is 11.6. The molecule has 3 N–H and O–H groups in total. The summed E-state index contributed by atoms with van der Waals surface area (Å²) < 4.78 is 1.83. The average molecular weight is 262 g/mol. The molecule has 5 nitrogen and oxygen atoms in total. The summed E-state index contributed by atoms with van der Waals surface area (Å²) in [6.45, 7) is 1.92. The minimum atomic E-state index is -0.104. The van der Waals surface area contributed by atoms with Crippen molar-refractivity contribution in [1.82, 2.24) is 14.9 Å². The Morgan fingerprint density at radius 3 is 3.11 bits per heavy atom. The van der Waals surface area contributed by atoms with Crippen molar-refractivity contribution in [1.29, 1.82) is 0 Å².